The minimum atomic E-state index is -0.292. The summed E-state index contributed by atoms with van der Waals surface area (Å²) in [5.74, 6) is -0.167. The summed E-state index contributed by atoms with van der Waals surface area (Å²) in [6, 6.07) is 0. The van der Waals surface area contributed by atoms with Gasteiger partial charge >= 0.3 is 0 Å². The molecule has 2 heterocycles. The van der Waals surface area contributed by atoms with E-state index in [1.807, 2.05) is 0 Å². The van der Waals surface area contributed by atoms with Crippen LogP contribution in [0.4, 0.5) is 0 Å². The summed E-state index contributed by atoms with van der Waals surface area (Å²) in [6.07, 6.45) is 2.11. The molecule has 0 aliphatic carbocycles. The summed E-state index contributed by atoms with van der Waals surface area (Å²) in [5.41, 5.74) is -0.0361. The molecule has 2 rings (SSSR count). The predicted octanol–water partition coefficient (Wildman–Crippen LogP) is 1.16. The molecule has 0 aromatic carbocycles. The molecule has 4 nitrogen and oxygen atoms in total. The number of carbonyl (C=O) groups excluding carboxylic acids is 2. The van der Waals surface area contributed by atoms with E-state index in [1.54, 1.807) is 0 Å². The van der Waals surface area contributed by atoms with Crippen LogP contribution in [0.2, 0.25) is 0 Å². The van der Waals surface area contributed by atoms with Crippen molar-refractivity contribution in [3.8, 4) is 0 Å². The molecular formula is C13H22N2O2. The number of piperidine rings is 1. The standard InChI is InChI=1S/C13H22N2O2/c1-12(2,3)8-15-7-6-13(9-15)5-4-10(16)14-11(13)17/h4-9H2,1-3H3,(H,14,16,17). The van der Waals surface area contributed by atoms with Gasteiger partial charge in [-0.2, -0.15) is 0 Å². The van der Waals surface area contributed by atoms with Gasteiger partial charge < -0.3 is 4.90 Å². The smallest absolute Gasteiger partial charge is 0.234 e. The highest BCUT2D eigenvalue weighted by molar-refractivity contribution is 6.00. The van der Waals surface area contributed by atoms with Crippen LogP contribution in [0.3, 0.4) is 0 Å². The molecular weight excluding hydrogens is 216 g/mol. The van der Waals surface area contributed by atoms with Gasteiger partial charge in [-0.3, -0.25) is 14.9 Å². The minimum absolute atomic E-state index is 0.0508. The molecule has 0 bridgehead atoms. The highest BCUT2D eigenvalue weighted by Gasteiger charge is 2.47. The molecule has 0 aromatic rings. The number of amides is 2. The maximum Gasteiger partial charge on any atom is 0.234 e. The Hall–Kier alpha value is -0.900. The minimum Gasteiger partial charge on any atom is -0.302 e. The molecule has 2 saturated heterocycles. The topological polar surface area (TPSA) is 49.4 Å². The second-order valence-corrected chi connectivity index (χ2v) is 6.68. The van der Waals surface area contributed by atoms with Crippen LogP contribution in [-0.4, -0.2) is 36.3 Å². The van der Waals surface area contributed by atoms with E-state index in [4.69, 9.17) is 0 Å². The first-order chi connectivity index (χ1) is 7.81. The number of carbonyl (C=O) groups is 2. The van der Waals surface area contributed by atoms with Gasteiger partial charge in [0.25, 0.3) is 0 Å². The van der Waals surface area contributed by atoms with Crippen LogP contribution in [0, 0.1) is 10.8 Å². The summed E-state index contributed by atoms with van der Waals surface area (Å²) in [7, 11) is 0. The van der Waals surface area contributed by atoms with Crippen LogP contribution >= 0.6 is 0 Å². The van der Waals surface area contributed by atoms with E-state index < -0.39 is 0 Å². The maximum atomic E-state index is 12.0. The van der Waals surface area contributed by atoms with E-state index in [9.17, 15) is 9.59 Å². The average Bonchev–Trinajstić information content (AvgIpc) is 2.55. The first-order valence-electron chi connectivity index (χ1n) is 6.37. The number of nitrogens with one attached hydrogen (secondary N) is 1. The Morgan fingerprint density at radius 3 is 2.59 bits per heavy atom. The van der Waals surface area contributed by atoms with Gasteiger partial charge in [0.15, 0.2) is 0 Å². The van der Waals surface area contributed by atoms with E-state index in [0.29, 0.717) is 6.42 Å². The van der Waals surface area contributed by atoms with Crippen molar-refractivity contribution in [2.75, 3.05) is 19.6 Å². The molecule has 96 valence electrons. The van der Waals surface area contributed by atoms with Gasteiger partial charge in [-0.1, -0.05) is 20.8 Å². The molecule has 0 radical (unpaired) electrons. The maximum absolute atomic E-state index is 12.0. The average molecular weight is 238 g/mol. The Morgan fingerprint density at radius 1 is 1.29 bits per heavy atom. The lowest BCUT2D eigenvalue weighted by atomic mass is 9.79. The molecule has 2 aliphatic heterocycles. The van der Waals surface area contributed by atoms with Crippen LogP contribution in [0.5, 0.6) is 0 Å². The summed E-state index contributed by atoms with van der Waals surface area (Å²) in [6.45, 7) is 9.42. The summed E-state index contributed by atoms with van der Waals surface area (Å²) in [4.78, 5) is 25.5. The normalized spacial score (nSPS) is 31.0. The number of imide groups is 1. The number of likely N-dealkylation sites (tertiary alicyclic amines) is 1. The Kier molecular flexibility index (Phi) is 3.02. The fourth-order valence-electron chi connectivity index (χ4n) is 2.94. The molecule has 1 N–H and O–H groups in total. The van der Waals surface area contributed by atoms with Crippen molar-refractivity contribution in [1.82, 2.24) is 10.2 Å². The number of rotatable bonds is 1. The summed E-state index contributed by atoms with van der Waals surface area (Å²) < 4.78 is 0. The van der Waals surface area contributed by atoms with E-state index >= 15 is 0 Å². The van der Waals surface area contributed by atoms with Crippen molar-refractivity contribution in [2.45, 2.75) is 40.0 Å². The Bertz CT molecular complexity index is 346. The van der Waals surface area contributed by atoms with E-state index in [2.05, 4.69) is 31.0 Å². The molecule has 1 unspecified atom stereocenters. The third-order valence-corrected chi connectivity index (χ3v) is 3.70. The van der Waals surface area contributed by atoms with Gasteiger partial charge in [-0.15, -0.1) is 0 Å². The van der Waals surface area contributed by atoms with Gasteiger partial charge in [-0.25, -0.2) is 0 Å². The van der Waals surface area contributed by atoms with Crippen LogP contribution < -0.4 is 5.32 Å². The third kappa shape index (κ3) is 2.68. The lowest BCUT2D eigenvalue weighted by molar-refractivity contribution is -0.141. The van der Waals surface area contributed by atoms with Gasteiger partial charge in [0.2, 0.25) is 11.8 Å². The summed E-state index contributed by atoms with van der Waals surface area (Å²) >= 11 is 0. The molecule has 0 aromatic heterocycles. The van der Waals surface area contributed by atoms with Gasteiger partial charge in [0.05, 0.1) is 5.41 Å². The van der Waals surface area contributed by atoms with Crippen LogP contribution in [0.1, 0.15) is 40.0 Å². The first-order valence-corrected chi connectivity index (χ1v) is 6.37. The number of nitrogens with zero attached hydrogens (tertiary/aromatic N) is 1. The Balaban J connectivity index is 2.01. The van der Waals surface area contributed by atoms with Gasteiger partial charge in [-0.05, 0) is 24.8 Å². The van der Waals surface area contributed by atoms with E-state index in [-0.39, 0.29) is 22.6 Å². The molecule has 1 atom stereocenters. The second kappa shape index (κ2) is 4.09. The zero-order chi connectivity index (χ0) is 12.7. The zero-order valence-corrected chi connectivity index (χ0v) is 11.0. The highest BCUT2D eigenvalue weighted by Crippen LogP contribution is 2.38. The number of hydrogen-bond acceptors (Lipinski definition) is 3. The quantitative estimate of drug-likeness (QED) is 0.697. The third-order valence-electron chi connectivity index (χ3n) is 3.70. The van der Waals surface area contributed by atoms with Crippen LogP contribution in [0.25, 0.3) is 0 Å². The van der Waals surface area contributed by atoms with Gasteiger partial charge in [0.1, 0.15) is 0 Å². The highest BCUT2D eigenvalue weighted by atomic mass is 16.2. The number of hydrogen-bond donors (Lipinski definition) is 1. The van der Waals surface area contributed by atoms with Gasteiger partial charge in [0, 0.05) is 19.5 Å². The summed E-state index contributed by atoms with van der Waals surface area (Å²) in [5, 5.41) is 2.49. The largest absolute Gasteiger partial charge is 0.302 e. The van der Waals surface area contributed by atoms with Crippen LogP contribution in [-0.2, 0) is 9.59 Å². The molecule has 4 heteroatoms. The van der Waals surface area contributed by atoms with E-state index in [0.717, 1.165) is 32.5 Å². The van der Waals surface area contributed by atoms with Crippen molar-refractivity contribution >= 4 is 11.8 Å². The fraction of sp³-hybridized carbons (Fsp3) is 0.846. The second-order valence-electron chi connectivity index (χ2n) is 6.68. The van der Waals surface area contributed by atoms with E-state index in [1.165, 1.54) is 0 Å². The lowest BCUT2D eigenvalue weighted by Crippen LogP contribution is -2.50. The van der Waals surface area contributed by atoms with Crippen molar-refractivity contribution in [2.24, 2.45) is 10.8 Å². The molecule has 2 amide bonds. The molecule has 0 saturated carbocycles. The van der Waals surface area contributed by atoms with Crippen molar-refractivity contribution in [1.29, 1.82) is 0 Å². The fourth-order valence-corrected chi connectivity index (χ4v) is 2.94. The predicted molar refractivity (Wildman–Crippen MR) is 65.3 cm³/mol. The monoisotopic (exact) mass is 238 g/mol. The lowest BCUT2D eigenvalue weighted by Gasteiger charge is -2.32. The van der Waals surface area contributed by atoms with Crippen LogP contribution in [0.15, 0.2) is 0 Å². The molecule has 17 heavy (non-hydrogen) atoms. The van der Waals surface area contributed by atoms with Crippen molar-refractivity contribution < 1.29 is 9.59 Å². The zero-order valence-electron chi connectivity index (χ0n) is 11.0. The Morgan fingerprint density at radius 2 is 2.00 bits per heavy atom. The molecule has 1 spiro atoms. The first kappa shape index (κ1) is 12.6. The Labute approximate surface area is 103 Å². The molecule has 2 fully saturated rings. The molecule has 2 aliphatic rings. The SMILES string of the molecule is CC(C)(C)CN1CCC2(CCC(=O)NC2=O)C1. The van der Waals surface area contributed by atoms with Crippen molar-refractivity contribution in [3.63, 3.8) is 0 Å². The van der Waals surface area contributed by atoms with Crippen molar-refractivity contribution in [3.05, 3.63) is 0 Å².